The highest BCUT2D eigenvalue weighted by Gasteiger charge is 2.30. The van der Waals surface area contributed by atoms with Crippen LogP contribution in [0.2, 0.25) is 0 Å². The molecule has 1 atom stereocenters. The van der Waals surface area contributed by atoms with Crippen LogP contribution in [0, 0.1) is 5.92 Å². The van der Waals surface area contributed by atoms with E-state index in [1.54, 1.807) is 0 Å². The summed E-state index contributed by atoms with van der Waals surface area (Å²) in [7, 11) is 0. The van der Waals surface area contributed by atoms with E-state index < -0.39 is 12.5 Å². The minimum atomic E-state index is -2.52. The number of alkyl halides is 2. The van der Waals surface area contributed by atoms with E-state index in [-0.39, 0.29) is 5.92 Å². The molecule has 1 aliphatic carbocycles. The second-order valence-electron chi connectivity index (χ2n) is 3.44. The molecule has 13 heavy (non-hydrogen) atoms. The molecular formula is C9H13F2NO. The summed E-state index contributed by atoms with van der Waals surface area (Å²) in [5.74, 6) is -0.116. The Hall–Kier alpha value is -0.760. The molecule has 0 saturated heterocycles. The van der Waals surface area contributed by atoms with Crippen LogP contribution in [0.15, 0.2) is 4.99 Å². The smallest absolute Gasteiger partial charge is 0.211 e. The van der Waals surface area contributed by atoms with Crippen LogP contribution in [0.3, 0.4) is 0 Å². The molecule has 1 fully saturated rings. The fourth-order valence-electron chi connectivity index (χ4n) is 1.90. The SMILES string of the molecule is O=C=NC(C(F)F)C1CCCCC1. The second kappa shape index (κ2) is 5.07. The molecule has 1 aliphatic rings. The normalized spacial score (nSPS) is 21.2. The number of hydrogen-bond acceptors (Lipinski definition) is 2. The van der Waals surface area contributed by atoms with Gasteiger partial charge in [0.05, 0.1) is 0 Å². The molecule has 0 bridgehead atoms. The number of halogens is 2. The largest absolute Gasteiger partial charge is 0.261 e. The first-order valence-electron chi connectivity index (χ1n) is 4.61. The van der Waals surface area contributed by atoms with Gasteiger partial charge in [-0.3, -0.25) is 0 Å². The third-order valence-corrected chi connectivity index (χ3v) is 2.59. The lowest BCUT2D eigenvalue weighted by Crippen LogP contribution is -2.28. The molecule has 2 nitrogen and oxygen atoms in total. The van der Waals surface area contributed by atoms with Crippen molar-refractivity contribution in [3.05, 3.63) is 0 Å². The van der Waals surface area contributed by atoms with Gasteiger partial charge < -0.3 is 0 Å². The molecule has 0 amide bonds. The Kier molecular flexibility index (Phi) is 4.03. The van der Waals surface area contributed by atoms with Crippen LogP contribution in [0.4, 0.5) is 8.78 Å². The van der Waals surface area contributed by atoms with E-state index in [0.717, 1.165) is 32.1 Å². The van der Waals surface area contributed by atoms with Gasteiger partial charge in [-0.15, -0.1) is 0 Å². The van der Waals surface area contributed by atoms with E-state index in [2.05, 4.69) is 4.99 Å². The summed E-state index contributed by atoms with van der Waals surface area (Å²) < 4.78 is 24.8. The molecule has 74 valence electrons. The minimum Gasteiger partial charge on any atom is -0.211 e. The highest BCUT2D eigenvalue weighted by Crippen LogP contribution is 2.30. The number of rotatable bonds is 3. The average Bonchev–Trinajstić information content (AvgIpc) is 2.15. The molecule has 0 aromatic carbocycles. The molecule has 0 spiro atoms. The maximum absolute atomic E-state index is 12.4. The van der Waals surface area contributed by atoms with Crippen LogP contribution >= 0.6 is 0 Å². The van der Waals surface area contributed by atoms with E-state index in [1.165, 1.54) is 6.08 Å². The molecule has 0 aromatic rings. The standard InChI is InChI=1S/C9H13F2NO/c10-9(11)8(12-6-13)7-4-2-1-3-5-7/h7-9H,1-5H2. The van der Waals surface area contributed by atoms with Gasteiger partial charge in [-0.1, -0.05) is 19.3 Å². The predicted molar refractivity (Wildman–Crippen MR) is 44.5 cm³/mol. The number of isocyanates is 1. The van der Waals surface area contributed by atoms with Crippen LogP contribution in [-0.4, -0.2) is 18.5 Å². The van der Waals surface area contributed by atoms with Gasteiger partial charge >= 0.3 is 0 Å². The number of carbonyl (C=O) groups excluding carboxylic acids is 1. The first kappa shape index (κ1) is 10.3. The van der Waals surface area contributed by atoms with Crippen molar-refractivity contribution in [3.8, 4) is 0 Å². The molecule has 0 N–H and O–H groups in total. The van der Waals surface area contributed by atoms with E-state index in [1.807, 2.05) is 0 Å². The van der Waals surface area contributed by atoms with E-state index in [0.29, 0.717) is 0 Å². The van der Waals surface area contributed by atoms with Crippen molar-refractivity contribution < 1.29 is 13.6 Å². The summed E-state index contributed by atoms with van der Waals surface area (Å²) in [6.07, 6.45) is 3.30. The topological polar surface area (TPSA) is 29.4 Å². The molecule has 1 unspecified atom stereocenters. The average molecular weight is 189 g/mol. The maximum atomic E-state index is 12.4. The molecule has 0 aliphatic heterocycles. The Balaban J connectivity index is 2.56. The number of aliphatic imine (C=N–C) groups is 1. The van der Waals surface area contributed by atoms with Crippen LogP contribution in [-0.2, 0) is 4.79 Å². The summed E-state index contributed by atoms with van der Waals surface area (Å²) >= 11 is 0. The Morgan fingerprint density at radius 3 is 2.31 bits per heavy atom. The summed E-state index contributed by atoms with van der Waals surface area (Å²) in [5.41, 5.74) is 0. The minimum absolute atomic E-state index is 0.116. The van der Waals surface area contributed by atoms with Crippen molar-refractivity contribution in [1.82, 2.24) is 0 Å². The van der Waals surface area contributed by atoms with Gasteiger partial charge in [0.2, 0.25) is 6.08 Å². The third-order valence-electron chi connectivity index (χ3n) is 2.59. The fraction of sp³-hybridized carbons (Fsp3) is 0.889. The van der Waals surface area contributed by atoms with Crippen LogP contribution < -0.4 is 0 Å². The summed E-state index contributed by atoms with van der Waals surface area (Å²) in [5, 5.41) is 0. The van der Waals surface area contributed by atoms with Crippen molar-refractivity contribution >= 4 is 6.08 Å². The fourth-order valence-corrected chi connectivity index (χ4v) is 1.90. The van der Waals surface area contributed by atoms with Gasteiger partial charge in [-0.25, -0.2) is 13.6 Å². The quantitative estimate of drug-likeness (QED) is 0.495. The highest BCUT2D eigenvalue weighted by molar-refractivity contribution is 5.33. The zero-order valence-electron chi connectivity index (χ0n) is 7.38. The van der Waals surface area contributed by atoms with Gasteiger partial charge in [0, 0.05) is 0 Å². The molecule has 1 rings (SSSR count). The molecule has 0 heterocycles. The molecule has 4 heteroatoms. The van der Waals surface area contributed by atoms with Crippen LogP contribution in [0.1, 0.15) is 32.1 Å². The van der Waals surface area contributed by atoms with Gasteiger partial charge in [-0.05, 0) is 18.8 Å². The molecule has 0 aromatic heterocycles. The maximum Gasteiger partial charge on any atom is 0.261 e. The summed E-state index contributed by atoms with van der Waals surface area (Å²) in [4.78, 5) is 13.1. The predicted octanol–water partition coefficient (Wildman–Crippen LogP) is 2.54. The Bertz CT molecular complexity index is 196. The Morgan fingerprint density at radius 1 is 1.23 bits per heavy atom. The van der Waals surface area contributed by atoms with E-state index in [9.17, 15) is 13.6 Å². The second-order valence-corrected chi connectivity index (χ2v) is 3.44. The summed E-state index contributed by atoms with van der Waals surface area (Å²) in [6.45, 7) is 0. The monoisotopic (exact) mass is 189 g/mol. The summed E-state index contributed by atoms with van der Waals surface area (Å²) in [6, 6.07) is -1.11. The zero-order chi connectivity index (χ0) is 9.68. The van der Waals surface area contributed by atoms with Gasteiger partial charge in [0.1, 0.15) is 6.04 Å². The molecule has 0 radical (unpaired) electrons. The van der Waals surface area contributed by atoms with E-state index in [4.69, 9.17) is 0 Å². The van der Waals surface area contributed by atoms with Crippen LogP contribution in [0.25, 0.3) is 0 Å². The lowest BCUT2D eigenvalue weighted by Gasteiger charge is -2.25. The first-order valence-corrected chi connectivity index (χ1v) is 4.61. The third kappa shape index (κ3) is 2.88. The van der Waals surface area contributed by atoms with Crippen molar-refractivity contribution in [2.75, 3.05) is 0 Å². The van der Waals surface area contributed by atoms with Crippen molar-refractivity contribution in [3.63, 3.8) is 0 Å². The molecule has 1 saturated carbocycles. The highest BCUT2D eigenvalue weighted by atomic mass is 19.3. The Labute approximate surface area is 76.0 Å². The Morgan fingerprint density at radius 2 is 1.85 bits per heavy atom. The van der Waals surface area contributed by atoms with Crippen molar-refractivity contribution in [2.24, 2.45) is 10.9 Å². The lowest BCUT2D eigenvalue weighted by molar-refractivity contribution is 0.0785. The van der Waals surface area contributed by atoms with E-state index >= 15 is 0 Å². The molecular weight excluding hydrogens is 176 g/mol. The number of nitrogens with zero attached hydrogens (tertiary/aromatic N) is 1. The first-order chi connectivity index (χ1) is 6.25. The lowest BCUT2D eigenvalue weighted by atomic mass is 9.84. The van der Waals surface area contributed by atoms with Gasteiger partial charge in [-0.2, -0.15) is 4.99 Å². The van der Waals surface area contributed by atoms with Crippen molar-refractivity contribution in [1.29, 1.82) is 0 Å². The van der Waals surface area contributed by atoms with Crippen molar-refractivity contribution in [2.45, 2.75) is 44.6 Å². The zero-order valence-corrected chi connectivity index (χ0v) is 7.38. The van der Waals surface area contributed by atoms with Gasteiger partial charge in [0.25, 0.3) is 6.43 Å². The van der Waals surface area contributed by atoms with Gasteiger partial charge in [0.15, 0.2) is 0 Å². The van der Waals surface area contributed by atoms with Crippen LogP contribution in [0.5, 0.6) is 0 Å². The number of hydrogen-bond donors (Lipinski definition) is 0.